The Hall–Kier alpha value is -2.11. The first-order valence-corrected chi connectivity index (χ1v) is 35.8. The van der Waals surface area contributed by atoms with Gasteiger partial charge < -0.3 is 14.2 Å². The van der Waals surface area contributed by atoms with E-state index in [1.54, 1.807) is 0 Å². The smallest absolute Gasteiger partial charge is 0.306 e. The van der Waals surface area contributed by atoms with E-state index in [0.717, 1.165) is 64.2 Å². The fourth-order valence-corrected chi connectivity index (χ4v) is 11.1. The Bertz CT molecular complexity index is 1270. The van der Waals surface area contributed by atoms with Gasteiger partial charge in [-0.2, -0.15) is 0 Å². The number of esters is 3. The van der Waals surface area contributed by atoms with Crippen molar-refractivity contribution in [3.05, 3.63) is 24.3 Å². The van der Waals surface area contributed by atoms with Crippen molar-refractivity contribution < 1.29 is 28.6 Å². The minimum atomic E-state index is -0.770. The Morgan fingerprint density at radius 3 is 0.722 bits per heavy atom. The first-order chi connectivity index (χ1) is 39.0. The predicted octanol–water partition coefficient (Wildman–Crippen LogP) is 24.6. The van der Waals surface area contributed by atoms with Gasteiger partial charge in [-0.15, -0.1) is 0 Å². The molecule has 6 heteroatoms. The third-order valence-corrected chi connectivity index (χ3v) is 16.5. The number of carbonyl (C=O) groups excluding carboxylic acids is 3. The molecule has 1 unspecified atom stereocenters. The van der Waals surface area contributed by atoms with Crippen LogP contribution in [0, 0.1) is 0 Å². The molecule has 0 amide bonds. The lowest BCUT2D eigenvalue weighted by Crippen LogP contribution is -2.30. The molecule has 0 N–H and O–H groups in total. The van der Waals surface area contributed by atoms with Crippen LogP contribution in [0.4, 0.5) is 0 Å². The van der Waals surface area contributed by atoms with Crippen LogP contribution in [0.3, 0.4) is 0 Å². The fraction of sp³-hybridized carbons (Fsp3) is 0.904. The zero-order chi connectivity index (χ0) is 57.1. The van der Waals surface area contributed by atoms with E-state index in [4.69, 9.17) is 14.2 Å². The Labute approximate surface area is 493 Å². The topological polar surface area (TPSA) is 78.9 Å². The summed E-state index contributed by atoms with van der Waals surface area (Å²) in [6.45, 7) is 6.69. The fourth-order valence-electron chi connectivity index (χ4n) is 11.1. The maximum atomic E-state index is 12.9. The molecular weight excluding hydrogens is 973 g/mol. The summed E-state index contributed by atoms with van der Waals surface area (Å²) >= 11 is 0. The van der Waals surface area contributed by atoms with Gasteiger partial charge in [-0.25, -0.2) is 0 Å². The Balaban J connectivity index is 4.13. The summed E-state index contributed by atoms with van der Waals surface area (Å²) in [5.41, 5.74) is 0. The molecule has 0 aromatic rings. The molecule has 0 bridgehead atoms. The van der Waals surface area contributed by atoms with E-state index in [2.05, 4.69) is 45.1 Å². The van der Waals surface area contributed by atoms with Gasteiger partial charge in [-0.3, -0.25) is 14.4 Å². The number of ether oxygens (including phenoxy) is 3. The summed E-state index contributed by atoms with van der Waals surface area (Å²) < 4.78 is 17.0. The first kappa shape index (κ1) is 76.9. The van der Waals surface area contributed by atoms with Crippen molar-refractivity contribution in [2.24, 2.45) is 0 Å². The average Bonchev–Trinajstić information content (AvgIpc) is 3.45. The highest BCUT2D eigenvalue weighted by Crippen LogP contribution is 2.19. The molecule has 79 heavy (non-hydrogen) atoms. The maximum Gasteiger partial charge on any atom is 0.306 e. The van der Waals surface area contributed by atoms with Crippen molar-refractivity contribution >= 4 is 17.9 Å². The summed E-state index contributed by atoms with van der Waals surface area (Å²) in [6.07, 6.45) is 83.6. The molecule has 6 nitrogen and oxygen atoms in total. The molecule has 0 aliphatic carbocycles. The molecule has 0 aromatic carbocycles. The zero-order valence-corrected chi connectivity index (χ0v) is 53.7. The lowest BCUT2D eigenvalue weighted by atomic mass is 10.0. The lowest BCUT2D eigenvalue weighted by Gasteiger charge is -2.18. The Morgan fingerprint density at radius 2 is 0.456 bits per heavy atom. The second-order valence-corrected chi connectivity index (χ2v) is 24.5. The second-order valence-electron chi connectivity index (χ2n) is 24.5. The van der Waals surface area contributed by atoms with Crippen LogP contribution in [0.2, 0.25) is 0 Å². The van der Waals surface area contributed by atoms with Gasteiger partial charge in [0.15, 0.2) is 6.10 Å². The minimum absolute atomic E-state index is 0.0666. The molecular formula is C73H138O6. The third-order valence-electron chi connectivity index (χ3n) is 16.5. The number of hydrogen-bond acceptors (Lipinski definition) is 6. The summed E-state index contributed by atoms with van der Waals surface area (Å²) in [7, 11) is 0. The Morgan fingerprint density at radius 1 is 0.253 bits per heavy atom. The van der Waals surface area contributed by atoms with E-state index < -0.39 is 6.10 Å². The maximum absolute atomic E-state index is 12.9. The third kappa shape index (κ3) is 66.6. The van der Waals surface area contributed by atoms with E-state index in [9.17, 15) is 14.4 Å². The number of unbranched alkanes of at least 4 members (excludes halogenated alkanes) is 52. The van der Waals surface area contributed by atoms with Crippen LogP contribution < -0.4 is 0 Å². The van der Waals surface area contributed by atoms with Gasteiger partial charge in [0, 0.05) is 19.3 Å². The normalized spacial score (nSPS) is 12.1. The van der Waals surface area contributed by atoms with Crippen LogP contribution in [0.25, 0.3) is 0 Å². The quantitative estimate of drug-likeness (QED) is 0.0261. The standard InChI is InChI=1S/C73H138O6/c1-4-7-10-13-16-19-22-25-27-29-31-32-33-34-35-36-37-38-39-40-41-43-44-46-48-51-54-57-60-63-66-72(75)78-69-70(68-77-71(74)65-62-59-56-53-50-24-21-18-15-12-9-6-3)79-73(76)67-64-61-58-55-52-49-47-45-42-30-28-26-23-20-17-14-11-8-5-2/h17,20,26,28,70H,4-16,18-19,21-25,27,29-69H2,1-3H3/b20-17-,28-26-. The highest BCUT2D eigenvalue weighted by Gasteiger charge is 2.19. The molecule has 0 spiro atoms. The van der Waals surface area contributed by atoms with Gasteiger partial charge in [0.25, 0.3) is 0 Å². The van der Waals surface area contributed by atoms with Crippen molar-refractivity contribution in [1.82, 2.24) is 0 Å². The molecule has 0 rings (SSSR count). The van der Waals surface area contributed by atoms with Crippen LogP contribution in [0.1, 0.15) is 406 Å². The van der Waals surface area contributed by atoms with Gasteiger partial charge in [0.2, 0.25) is 0 Å². The Kier molecular flexibility index (Phi) is 66.6. The van der Waals surface area contributed by atoms with Crippen LogP contribution in [-0.4, -0.2) is 37.2 Å². The monoisotopic (exact) mass is 1110 g/mol. The van der Waals surface area contributed by atoms with Crippen molar-refractivity contribution in [2.45, 2.75) is 412 Å². The molecule has 1 atom stereocenters. The first-order valence-electron chi connectivity index (χ1n) is 35.8. The number of allylic oxidation sites excluding steroid dienone is 4. The molecule has 0 aromatic heterocycles. The largest absolute Gasteiger partial charge is 0.462 e. The van der Waals surface area contributed by atoms with Gasteiger partial charge in [-0.05, 0) is 51.4 Å². The van der Waals surface area contributed by atoms with Gasteiger partial charge in [-0.1, -0.05) is 360 Å². The van der Waals surface area contributed by atoms with Crippen molar-refractivity contribution in [2.75, 3.05) is 13.2 Å². The van der Waals surface area contributed by atoms with Crippen molar-refractivity contribution in [3.63, 3.8) is 0 Å². The van der Waals surface area contributed by atoms with Crippen LogP contribution in [-0.2, 0) is 28.6 Å². The average molecular weight is 1110 g/mol. The van der Waals surface area contributed by atoms with E-state index >= 15 is 0 Å². The minimum Gasteiger partial charge on any atom is -0.462 e. The molecule has 0 saturated heterocycles. The highest BCUT2D eigenvalue weighted by atomic mass is 16.6. The van der Waals surface area contributed by atoms with Crippen LogP contribution >= 0.6 is 0 Å². The number of carbonyl (C=O) groups is 3. The molecule has 0 heterocycles. The van der Waals surface area contributed by atoms with E-state index in [1.165, 1.54) is 302 Å². The number of rotatable bonds is 67. The van der Waals surface area contributed by atoms with Crippen molar-refractivity contribution in [1.29, 1.82) is 0 Å². The molecule has 0 saturated carbocycles. The summed E-state index contributed by atoms with van der Waals surface area (Å²) in [6, 6.07) is 0. The molecule has 0 radical (unpaired) electrons. The van der Waals surface area contributed by atoms with E-state index in [0.29, 0.717) is 19.3 Å². The zero-order valence-electron chi connectivity index (χ0n) is 53.7. The molecule has 0 aliphatic heterocycles. The van der Waals surface area contributed by atoms with Gasteiger partial charge >= 0.3 is 17.9 Å². The van der Waals surface area contributed by atoms with Crippen molar-refractivity contribution in [3.8, 4) is 0 Å². The SMILES string of the molecule is CCCCC/C=C\C/C=C\CCCCCCCCCCCC(=O)OC(COC(=O)CCCCCCCCCCCCCC)COC(=O)CCCCCCCCCCCCCCCCCCCCCCCCCCCCCCCC. The second kappa shape index (κ2) is 68.4. The predicted molar refractivity (Wildman–Crippen MR) is 344 cm³/mol. The van der Waals surface area contributed by atoms with Crippen LogP contribution in [0.15, 0.2) is 24.3 Å². The number of hydrogen-bond donors (Lipinski definition) is 0. The van der Waals surface area contributed by atoms with Crippen LogP contribution in [0.5, 0.6) is 0 Å². The van der Waals surface area contributed by atoms with Gasteiger partial charge in [0.05, 0.1) is 0 Å². The van der Waals surface area contributed by atoms with E-state index in [1.807, 2.05) is 0 Å². The molecule has 0 fully saturated rings. The van der Waals surface area contributed by atoms with Gasteiger partial charge in [0.1, 0.15) is 13.2 Å². The molecule has 0 aliphatic rings. The lowest BCUT2D eigenvalue weighted by molar-refractivity contribution is -0.167. The summed E-state index contributed by atoms with van der Waals surface area (Å²) in [4.78, 5) is 38.4. The molecule has 466 valence electrons. The highest BCUT2D eigenvalue weighted by molar-refractivity contribution is 5.71. The van der Waals surface area contributed by atoms with E-state index in [-0.39, 0.29) is 31.1 Å². The summed E-state index contributed by atoms with van der Waals surface area (Å²) in [5.74, 6) is -0.840. The summed E-state index contributed by atoms with van der Waals surface area (Å²) in [5, 5.41) is 0.